The summed E-state index contributed by atoms with van der Waals surface area (Å²) < 4.78 is 28.1. The summed E-state index contributed by atoms with van der Waals surface area (Å²) in [5.74, 6) is -1.32. The summed E-state index contributed by atoms with van der Waals surface area (Å²) in [5.41, 5.74) is 2.48. The molecule has 2 amide bonds. The third-order valence-corrected chi connectivity index (χ3v) is 6.00. The summed E-state index contributed by atoms with van der Waals surface area (Å²) in [6.07, 6.45) is 0. The SMILES string of the molecule is O=C(NO)c1ccc(NC(=O)[C@@H](NS(=O)(=O)c2ccc(Cl)cc2)c2ccccc2)cc1. The Labute approximate surface area is 183 Å². The third kappa shape index (κ3) is 5.68. The summed E-state index contributed by atoms with van der Waals surface area (Å²) in [6.45, 7) is 0. The molecule has 0 radical (unpaired) electrons. The highest BCUT2D eigenvalue weighted by Crippen LogP contribution is 2.21. The van der Waals surface area contributed by atoms with Gasteiger partial charge in [-0.2, -0.15) is 4.72 Å². The number of amides is 2. The molecular weight excluding hydrogens is 442 g/mol. The summed E-state index contributed by atoms with van der Waals surface area (Å²) in [5, 5.41) is 11.7. The van der Waals surface area contributed by atoms with Crippen LogP contribution in [0, 0.1) is 0 Å². The normalized spacial score (nSPS) is 12.1. The zero-order valence-electron chi connectivity index (χ0n) is 15.9. The molecule has 0 bridgehead atoms. The Hall–Kier alpha value is -3.24. The summed E-state index contributed by atoms with van der Waals surface area (Å²) in [4.78, 5) is 24.4. The number of anilines is 1. The van der Waals surface area contributed by atoms with Crippen LogP contribution in [0.1, 0.15) is 22.0 Å². The van der Waals surface area contributed by atoms with E-state index in [9.17, 15) is 18.0 Å². The molecule has 1 atom stereocenters. The molecule has 3 aromatic rings. The van der Waals surface area contributed by atoms with Gasteiger partial charge in [-0.3, -0.25) is 14.8 Å². The van der Waals surface area contributed by atoms with Gasteiger partial charge >= 0.3 is 0 Å². The number of sulfonamides is 1. The fourth-order valence-corrected chi connectivity index (χ4v) is 4.05. The van der Waals surface area contributed by atoms with E-state index in [1.165, 1.54) is 54.0 Å². The first kappa shape index (κ1) is 22.4. The van der Waals surface area contributed by atoms with Gasteiger partial charge in [0.25, 0.3) is 5.91 Å². The molecular formula is C21H18ClN3O5S. The van der Waals surface area contributed by atoms with Crippen LogP contribution >= 0.6 is 11.6 Å². The van der Waals surface area contributed by atoms with E-state index in [-0.39, 0.29) is 10.5 Å². The number of rotatable bonds is 7. The van der Waals surface area contributed by atoms with Crippen molar-refractivity contribution in [2.24, 2.45) is 0 Å². The molecule has 0 saturated heterocycles. The van der Waals surface area contributed by atoms with E-state index in [0.29, 0.717) is 16.3 Å². The number of nitrogens with one attached hydrogen (secondary N) is 3. The predicted molar refractivity (Wildman–Crippen MR) is 115 cm³/mol. The van der Waals surface area contributed by atoms with Crippen LogP contribution in [0.4, 0.5) is 5.69 Å². The summed E-state index contributed by atoms with van der Waals surface area (Å²) in [6, 6.07) is 18.4. The Morgan fingerprint density at radius 2 is 1.48 bits per heavy atom. The number of benzene rings is 3. The maximum Gasteiger partial charge on any atom is 0.274 e. The second kappa shape index (κ2) is 9.71. The van der Waals surface area contributed by atoms with Gasteiger partial charge in [0.15, 0.2) is 0 Å². The molecule has 0 aliphatic rings. The van der Waals surface area contributed by atoms with Crippen molar-refractivity contribution in [2.75, 3.05) is 5.32 Å². The van der Waals surface area contributed by atoms with Gasteiger partial charge in [-0.05, 0) is 54.1 Å². The number of hydroxylamine groups is 1. The number of carbonyl (C=O) groups excluding carboxylic acids is 2. The standard InChI is InChI=1S/C21H18ClN3O5S/c22-16-8-12-18(13-9-16)31(29,30)25-19(14-4-2-1-3-5-14)21(27)23-17-10-6-15(7-11-17)20(26)24-28/h1-13,19,25,28H,(H,23,27)(H,24,26)/t19-/m0/s1. The molecule has 3 aromatic carbocycles. The van der Waals surface area contributed by atoms with Crippen LogP contribution in [-0.4, -0.2) is 25.4 Å². The molecule has 0 aliphatic heterocycles. The van der Waals surface area contributed by atoms with Crippen molar-refractivity contribution in [3.05, 3.63) is 95.0 Å². The lowest BCUT2D eigenvalue weighted by molar-refractivity contribution is -0.117. The lowest BCUT2D eigenvalue weighted by Gasteiger charge is -2.19. The molecule has 3 rings (SSSR count). The van der Waals surface area contributed by atoms with Gasteiger partial charge < -0.3 is 5.32 Å². The van der Waals surface area contributed by atoms with Gasteiger partial charge in [-0.15, -0.1) is 0 Å². The van der Waals surface area contributed by atoms with Gasteiger partial charge in [0.1, 0.15) is 6.04 Å². The monoisotopic (exact) mass is 459 g/mol. The molecule has 0 saturated carbocycles. The minimum Gasteiger partial charge on any atom is -0.324 e. The molecule has 0 heterocycles. The molecule has 8 nitrogen and oxygen atoms in total. The fraction of sp³-hybridized carbons (Fsp3) is 0.0476. The first-order valence-electron chi connectivity index (χ1n) is 8.98. The van der Waals surface area contributed by atoms with Crippen LogP contribution in [0.25, 0.3) is 0 Å². The second-order valence-corrected chi connectivity index (χ2v) is 8.58. The minimum atomic E-state index is -4.03. The average Bonchev–Trinajstić information content (AvgIpc) is 2.78. The van der Waals surface area contributed by atoms with E-state index in [1.807, 2.05) is 0 Å². The lowest BCUT2D eigenvalue weighted by atomic mass is 10.1. The quantitative estimate of drug-likeness (QED) is 0.319. The van der Waals surface area contributed by atoms with Crippen LogP contribution in [0.5, 0.6) is 0 Å². The van der Waals surface area contributed by atoms with Gasteiger partial charge in [0, 0.05) is 16.3 Å². The van der Waals surface area contributed by atoms with Crippen molar-refractivity contribution in [3.63, 3.8) is 0 Å². The molecule has 0 aliphatic carbocycles. The van der Waals surface area contributed by atoms with Crippen molar-refractivity contribution < 1.29 is 23.2 Å². The molecule has 0 aromatic heterocycles. The van der Waals surface area contributed by atoms with Crippen LogP contribution in [0.15, 0.2) is 83.8 Å². The van der Waals surface area contributed by atoms with Crippen LogP contribution in [-0.2, 0) is 14.8 Å². The van der Waals surface area contributed by atoms with Crippen LogP contribution < -0.4 is 15.5 Å². The lowest BCUT2D eigenvalue weighted by Crippen LogP contribution is -2.37. The van der Waals surface area contributed by atoms with E-state index in [1.54, 1.807) is 30.3 Å². The van der Waals surface area contributed by atoms with E-state index in [0.717, 1.165) is 0 Å². The fourth-order valence-electron chi connectivity index (χ4n) is 2.74. The zero-order valence-corrected chi connectivity index (χ0v) is 17.5. The molecule has 0 unspecified atom stereocenters. The van der Waals surface area contributed by atoms with Gasteiger partial charge in [0.2, 0.25) is 15.9 Å². The smallest absolute Gasteiger partial charge is 0.274 e. The van der Waals surface area contributed by atoms with Crippen molar-refractivity contribution in [2.45, 2.75) is 10.9 Å². The van der Waals surface area contributed by atoms with E-state index in [4.69, 9.17) is 16.8 Å². The number of hydrogen-bond donors (Lipinski definition) is 4. The predicted octanol–water partition coefficient (Wildman–Crippen LogP) is 3.12. The Bertz CT molecular complexity index is 1170. The maximum atomic E-state index is 13.0. The highest BCUT2D eigenvalue weighted by molar-refractivity contribution is 7.89. The number of hydrogen-bond acceptors (Lipinski definition) is 5. The topological polar surface area (TPSA) is 125 Å². The first-order valence-corrected chi connectivity index (χ1v) is 10.8. The van der Waals surface area contributed by atoms with Crippen molar-refractivity contribution >= 4 is 39.1 Å². The average molecular weight is 460 g/mol. The number of carbonyl (C=O) groups is 2. The summed E-state index contributed by atoms with van der Waals surface area (Å²) in [7, 11) is -4.03. The minimum absolute atomic E-state index is 0.0370. The molecule has 4 N–H and O–H groups in total. The van der Waals surface area contributed by atoms with E-state index >= 15 is 0 Å². The Morgan fingerprint density at radius 1 is 0.871 bits per heavy atom. The number of halogens is 1. The second-order valence-electron chi connectivity index (χ2n) is 6.43. The molecule has 0 fully saturated rings. The zero-order chi connectivity index (χ0) is 22.4. The Kier molecular flexibility index (Phi) is 7.03. The van der Waals surface area contributed by atoms with Gasteiger partial charge in [-0.1, -0.05) is 41.9 Å². The highest BCUT2D eigenvalue weighted by atomic mass is 35.5. The summed E-state index contributed by atoms with van der Waals surface area (Å²) >= 11 is 5.83. The van der Waals surface area contributed by atoms with Gasteiger partial charge in [-0.25, -0.2) is 13.9 Å². The van der Waals surface area contributed by atoms with Crippen LogP contribution in [0.2, 0.25) is 5.02 Å². The first-order chi connectivity index (χ1) is 14.8. The molecule has 10 heteroatoms. The molecule has 31 heavy (non-hydrogen) atoms. The molecule has 160 valence electrons. The van der Waals surface area contributed by atoms with E-state index < -0.39 is 27.9 Å². The third-order valence-electron chi connectivity index (χ3n) is 4.31. The maximum absolute atomic E-state index is 13.0. The van der Waals surface area contributed by atoms with Crippen molar-refractivity contribution in [1.29, 1.82) is 0 Å². The Morgan fingerprint density at radius 3 is 2.06 bits per heavy atom. The highest BCUT2D eigenvalue weighted by Gasteiger charge is 2.27. The van der Waals surface area contributed by atoms with Gasteiger partial charge in [0.05, 0.1) is 4.90 Å². The van der Waals surface area contributed by atoms with Crippen molar-refractivity contribution in [1.82, 2.24) is 10.2 Å². The van der Waals surface area contributed by atoms with Crippen molar-refractivity contribution in [3.8, 4) is 0 Å². The Balaban J connectivity index is 1.86. The molecule has 0 spiro atoms. The van der Waals surface area contributed by atoms with Crippen LogP contribution in [0.3, 0.4) is 0 Å². The largest absolute Gasteiger partial charge is 0.324 e. The van der Waals surface area contributed by atoms with E-state index in [2.05, 4.69) is 10.0 Å².